The number of hydrogen-bond acceptors (Lipinski definition) is 5. The summed E-state index contributed by atoms with van der Waals surface area (Å²) in [5.74, 6) is -1.01. The number of nitrogens with one attached hydrogen (secondary N) is 1. The molecule has 0 aliphatic carbocycles. The third-order valence-corrected chi connectivity index (χ3v) is 3.18. The van der Waals surface area contributed by atoms with E-state index in [1.165, 1.54) is 13.8 Å². The topological polar surface area (TPSA) is 118 Å². The van der Waals surface area contributed by atoms with E-state index in [0.29, 0.717) is 0 Å². The van der Waals surface area contributed by atoms with Gasteiger partial charge in [-0.3, -0.25) is 9.35 Å². The van der Waals surface area contributed by atoms with Crippen LogP contribution in [0.3, 0.4) is 0 Å². The lowest BCUT2D eigenvalue weighted by Crippen LogP contribution is -2.47. The molecule has 0 saturated heterocycles. The van der Waals surface area contributed by atoms with Gasteiger partial charge >= 0.3 is 0 Å². The lowest BCUT2D eigenvalue weighted by atomic mass is 10.1. The van der Waals surface area contributed by atoms with Gasteiger partial charge in [-0.05, 0) is 19.9 Å². The minimum atomic E-state index is -4.08. The highest BCUT2D eigenvalue weighted by Crippen LogP contribution is 2.05. The van der Waals surface area contributed by atoms with Crippen molar-refractivity contribution >= 4 is 25.9 Å². The van der Waals surface area contributed by atoms with E-state index in [2.05, 4.69) is 18.5 Å². The van der Waals surface area contributed by atoms with E-state index in [9.17, 15) is 21.6 Å². The summed E-state index contributed by atoms with van der Waals surface area (Å²) in [6.07, 6.45) is 2.13. The Kier molecular flexibility index (Phi) is 7.85. The monoisotopic (exact) mass is 313 g/mol. The second kappa shape index (κ2) is 7.41. The number of rotatable bonds is 5. The van der Waals surface area contributed by atoms with Gasteiger partial charge in [0.05, 0.1) is 11.3 Å². The molecule has 0 aromatic heterocycles. The van der Waals surface area contributed by atoms with Crippen molar-refractivity contribution in [1.82, 2.24) is 5.32 Å². The van der Waals surface area contributed by atoms with Gasteiger partial charge in [0.1, 0.15) is 0 Å². The van der Waals surface area contributed by atoms with Crippen molar-refractivity contribution < 1.29 is 26.2 Å². The first-order chi connectivity index (χ1) is 8.22. The lowest BCUT2D eigenvalue weighted by molar-refractivity contribution is -0.117. The van der Waals surface area contributed by atoms with Crippen LogP contribution in [0.5, 0.6) is 0 Å². The summed E-state index contributed by atoms with van der Waals surface area (Å²) in [6.45, 7) is 9.24. The Morgan fingerprint density at radius 3 is 1.84 bits per heavy atom. The Bertz CT molecular complexity index is 519. The van der Waals surface area contributed by atoms with Gasteiger partial charge in [-0.2, -0.15) is 8.42 Å². The minimum absolute atomic E-state index is 0.478. The SMILES string of the molecule is C=CC(=O)NC(C)(C)CS(=O)(=O)O.C=CS(C)(=O)=O. The van der Waals surface area contributed by atoms with Gasteiger partial charge in [0.25, 0.3) is 10.1 Å². The zero-order valence-electron chi connectivity index (χ0n) is 11.1. The molecule has 112 valence electrons. The third-order valence-electron chi connectivity index (χ3n) is 1.49. The van der Waals surface area contributed by atoms with Crippen LogP contribution in [0, 0.1) is 0 Å². The Hall–Kier alpha value is -1.19. The fraction of sp³-hybridized carbons (Fsp3) is 0.500. The molecule has 7 nitrogen and oxygen atoms in total. The molecule has 0 aromatic rings. The molecule has 9 heteroatoms. The summed E-state index contributed by atoms with van der Waals surface area (Å²) in [4.78, 5) is 10.8. The molecule has 0 radical (unpaired) electrons. The van der Waals surface area contributed by atoms with E-state index in [0.717, 1.165) is 17.7 Å². The fourth-order valence-electron chi connectivity index (χ4n) is 0.877. The highest BCUT2D eigenvalue weighted by Gasteiger charge is 2.25. The summed E-state index contributed by atoms with van der Waals surface area (Å²) in [5, 5.41) is 3.28. The van der Waals surface area contributed by atoms with Crippen LogP contribution in [0.4, 0.5) is 0 Å². The molecule has 1 amide bonds. The van der Waals surface area contributed by atoms with Gasteiger partial charge in [-0.1, -0.05) is 13.2 Å². The first-order valence-corrected chi connectivity index (χ1v) is 8.51. The molecule has 0 bridgehead atoms. The number of hydrogen-bond donors (Lipinski definition) is 2. The molecular weight excluding hydrogens is 294 g/mol. The van der Waals surface area contributed by atoms with Crippen LogP contribution >= 0.6 is 0 Å². The largest absolute Gasteiger partial charge is 0.347 e. The van der Waals surface area contributed by atoms with Gasteiger partial charge in [-0.25, -0.2) is 8.42 Å². The van der Waals surface area contributed by atoms with Gasteiger partial charge in [0.15, 0.2) is 9.84 Å². The maximum absolute atomic E-state index is 10.8. The zero-order chi connectivity index (χ0) is 15.9. The molecule has 0 aliphatic heterocycles. The second-order valence-electron chi connectivity index (χ2n) is 4.30. The van der Waals surface area contributed by atoms with Crippen LogP contribution < -0.4 is 5.32 Å². The molecule has 19 heavy (non-hydrogen) atoms. The third kappa shape index (κ3) is 16.8. The summed E-state index contributed by atoms with van der Waals surface area (Å²) >= 11 is 0. The van der Waals surface area contributed by atoms with E-state index >= 15 is 0 Å². The van der Waals surface area contributed by atoms with Crippen LogP contribution in [0.1, 0.15) is 13.8 Å². The lowest BCUT2D eigenvalue weighted by Gasteiger charge is -2.23. The smallest absolute Gasteiger partial charge is 0.267 e. The maximum atomic E-state index is 10.8. The van der Waals surface area contributed by atoms with Crippen molar-refractivity contribution in [2.45, 2.75) is 19.4 Å². The molecule has 0 spiro atoms. The predicted molar refractivity (Wildman–Crippen MR) is 73.9 cm³/mol. The Morgan fingerprint density at radius 1 is 1.26 bits per heavy atom. The van der Waals surface area contributed by atoms with Gasteiger partial charge in [0, 0.05) is 11.7 Å². The Morgan fingerprint density at radius 2 is 1.63 bits per heavy atom. The molecule has 2 N–H and O–H groups in total. The summed E-state index contributed by atoms with van der Waals surface area (Å²) in [7, 11) is -6.98. The summed E-state index contributed by atoms with van der Waals surface area (Å²) < 4.78 is 49.3. The van der Waals surface area contributed by atoms with Gasteiger partial charge < -0.3 is 5.32 Å². The van der Waals surface area contributed by atoms with Crippen molar-refractivity contribution in [3.8, 4) is 0 Å². The van der Waals surface area contributed by atoms with Crippen molar-refractivity contribution in [3.63, 3.8) is 0 Å². The maximum Gasteiger partial charge on any atom is 0.267 e. The first kappa shape index (κ1) is 20.1. The standard InChI is InChI=1S/C7H13NO4S.C3H6O2S/c1-4-6(9)8-7(2,3)5-13(10,11)12;1-3-6(2,4)5/h4H,1,5H2,2-3H3,(H,8,9)(H,10,11,12);3H,1H2,2H3. The van der Waals surface area contributed by atoms with E-state index in [-0.39, 0.29) is 0 Å². The van der Waals surface area contributed by atoms with Gasteiger partial charge in [-0.15, -0.1) is 0 Å². The van der Waals surface area contributed by atoms with Crippen LogP contribution in [-0.4, -0.2) is 44.8 Å². The molecule has 0 saturated carbocycles. The van der Waals surface area contributed by atoms with Crippen LogP contribution in [0.2, 0.25) is 0 Å². The molecule has 0 atom stereocenters. The average molecular weight is 313 g/mol. The van der Waals surface area contributed by atoms with E-state index in [4.69, 9.17) is 4.55 Å². The number of carbonyl (C=O) groups excluding carboxylic acids is 1. The van der Waals surface area contributed by atoms with Gasteiger partial charge in [0.2, 0.25) is 5.91 Å². The minimum Gasteiger partial charge on any atom is -0.347 e. The van der Waals surface area contributed by atoms with E-state index in [1.54, 1.807) is 0 Å². The highest BCUT2D eigenvalue weighted by atomic mass is 32.2. The number of sulfone groups is 1. The zero-order valence-corrected chi connectivity index (χ0v) is 12.7. The number of amides is 1. The van der Waals surface area contributed by atoms with Crippen molar-refractivity contribution in [2.24, 2.45) is 0 Å². The molecule has 0 fully saturated rings. The second-order valence-corrected chi connectivity index (χ2v) is 7.74. The first-order valence-electron chi connectivity index (χ1n) is 4.94. The Labute approximate surface area is 114 Å². The Balaban J connectivity index is 0. The quantitative estimate of drug-likeness (QED) is 0.550. The summed E-state index contributed by atoms with van der Waals surface area (Å²) in [6, 6.07) is 0. The van der Waals surface area contributed by atoms with Crippen molar-refractivity contribution in [2.75, 3.05) is 12.0 Å². The molecular formula is C10H19NO6S2. The van der Waals surface area contributed by atoms with E-state index < -0.39 is 37.2 Å². The van der Waals surface area contributed by atoms with Crippen LogP contribution in [0.25, 0.3) is 0 Å². The normalized spacial score (nSPS) is 11.8. The average Bonchev–Trinajstić information content (AvgIpc) is 2.12. The molecule has 0 rings (SSSR count). The van der Waals surface area contributed by atoms with Crippen molar-refractivity contribution in [3.05, 3.63) is 24.6 Å². The molecule has 0 aromatic carbocycles. The van der Waals surface area contributed by atoms with Crippen LogP contribution in [0.15, 0.2) is 24.6 Å². The summed E-state index contributed by atoms with van der Waals surface area (Å²) in [5.41, 5.74) is -1.00. The highest BCUT2D eigenvalue weighted by molar-refractivity contribution is 7.93. The molecule has 0 aliphatic rings. The van der Waals surface area contributed by atoms with E-state index in [1.807, 2.05) is 0 Å². The van der Waals surface area contributed by atoms with Crippen molar-refractivity contribution in [1.29, 1.82) is 0 Å². The number of carbonyl (C=O) groups is 1. The fourth-order valence-corrected chi connectivity index (χ4v) is 1.86. The predicted octanol–water partition coefficient (Wildman–Crippen LogP) is 0.130. The molecule has 0 unspecified atom stereocenters. The van der Waals surface area contributed by atoms with Crippen LogP contribution in [-0.2, 0) is 24.7 Å². The molecule has 0 heterocycles.